The van der Waals surface area contributed by atoms with E-state index in [1.165, 1.54) is 0 Å². The number of nitrogens with one attached hydrogen (secondary N) is 3. The van der Waals surface area contributed by atoms with Gasteiger partial charge in [0.05, 0.1) is 0 Å². The van der Waals surface area contributed by atoms with E-state index < -0.39 is 9.96 Å². The summed E-state index contributed by atoms with van der Waals surface area (Å²) in [4.78, 5) is 12.4. The van der Waals surface area contributed by atoms with Crippen LogP contribution in [0.4, 0.5) is 5.69 Å². The van der Waals surface area contributed by atoms with E-state index in [1.807, 2.05) is 37.3 Å². The van der Waals surface area contributed by atoms with Gasteiger partial charge in [-0.2, -0.15) is 0 Å². The lowest BCUT2D eigenvalue weighted by molar-refractivity contribution is 0.0934. The lowest BCUT2D eigenvalue weighted by atomic mass is 10.2. The number of rotatable bonds is 4. The van der Waals surface area contributed by atoms with Crippen molar-refractivity contribution < 1.29 is 4.79 Å². The minimum atomic E-state index is -1.81. The average Bonchev–Trinajstić information content (AvgIpc) is 2.55. The minimum absolute atomic E-state index is 0.216. The van der Waals surface area contributed by atoms with E-state index in [2.05, 4.69) is 38.5 Å². The van der Waals surface area contributed by atoms with Crippen molar-refractivity contribution in [1.82, 2.24) is 10.6 Å². The number of alkyl halides is 3. The van der Waals surface area contributed by atoms with Crippen LogP contribution < -0.4 is 16.0 Å². The van der Waals surface area contributed by atoms with Crippen molar-refractivity contribution in [2.45, 2.75) is 16.9 Å². The molecule has 0 bridgehead atoms. The highest BCUT2D eigenvalue weighted by atomic mass is 127. The van der Waals surface area contributed by atoms with E-state index in [0.29, 0.717) is 5.56 Å². The van der Waals surface area contributed by atoms with Gasteiger partial charge in [0.25, 0.3) is 5.91 Å². The Morgan fingerprint density at radius 3 is 2.35 bits per heavy atom. The Morgan fingerprint density at radius 2 is 1.77 bits per heavy atom. The van der Waals surface area contributed by atoms with Gasteiger partial charge in [-0.25, -0.2) is 0 Å². The normalized spacial score (nSPS) is 12.2. The fourth-order valence-corrected chi connectivity index (χ4v) is 3.09. The zero-order valence-electron chi connectivity index (χ0n) is 13.5. The third kappa shape index (κ3) is 6.74. The van der Waals surface area contributed by atoms with Crippen molar-refractivity contribution in [2.75, 3.05) is 5.32 Å². The zero-order chi connectivity index (χ0) is 19.3. The number of benzene rings is 2. The molecule has 9 heteroatoms. The number of halogens is 4. The number of amides is 1. The molecule has 26 heavy (non-hydrogen) atoms. The number of anilines is 1. The van der Waals surface area contributed by atoms with Crippen LogP contribution in [0.2, 0.25) is 0 Å². The minimum Gasteiger partial charge on any atom is -0.339 e. The first kappa shape index (κ1) is 21.5. The molecule has 2 aromatic rings. The van der Waals surface area contributed by atoms with E-state index >= 15 is 0 Å². The zero-order valence-corrected chi connectivity index (χ0v) is 18.8. The van der Waals surface area contributed by atoms with E-state index in [1.54, 1.807) is 18.2 Å². The summed E-state index contributed by atoms with van der Waals surface area (Å²) in [7, 11) is 0. The first-order valence-electron chi connectivity index (χ1n) is 7.42. The number of carbonyl (C=O) groups is 1. The van der Waals surface area contributed by atoms with Gasteiger partial charge in [0, 0.05) is 14.8 Å². The Bertz CT molecular complexity index is 797. The van der Waals surface area contributed by atoms with Crippen LogP contribution >= 0.6 is 69.6 Å². The van der Waals surface area contributed by atoms with Gasteiger partial charge in [0.15, 0.2) is 5.11 Å². The fraction of sp³-hybridized carbons (Fsp3) is 0.176. The number of carbonyl (C=O) groups excluding carboxylic acids is 1. The van der Waals surface area contributed by atoms with Crippen molar-refractivity contribution in [3.8, 4) is 0 Å². The lowest BCUT2D eigenvalue weighted by Gasteiger charge is -2.27. The summed E-state index contributed by atoms with van der Waals surface area (Å²) >= 11 is 25.4. The Kier molecular flexibility index (Phi) is 7.78. The Balaban J connectivity index is 2.06. The summed E-state index contributed by atoms with van der Waals surface area (Å²) in [5.41, 5.74) is 2.36. The SMILES string of the molecule is Cc1ccc(NC(=S)N[C@@H](NC(=O)c2cccc(I)c2)C(Cl)(Cl)Cl)cc1. The average molecular weight is 543 g/mol. The maximum Gasteiger partial charge on any atom is 0.253 e. The molecule has 4 nitrogen and oxygen atoms in total. The Morgan fingerprint density at radius 1 is 1.12 bits per heavy atom. The number of hydrogen-bond donors (Lipinski definition) is 3. The first-order chi connectivity index (χ1) is 12.1. The highest BCUT2D eigenvalue weighted by Gasteiger charge is 2.34. The van der Waals surface area contributed by atoms with Crippen molar-refractivity contribution in [3.63, 3.8) is 0 Å². The quantitative estimate of drug-likeness (QED) is 0.220. The predicted octanol–water partition coefficient (Wildman–Crippen LogP) is 5.01. The molecule has 0 heterocycles. The molecule has 0 saturated carbocycles. The second-order valence-corrected chi connectivity index (χ2v) is 9.45. The van der Waals surface area contributed by atoms with Crippen molar-refractivity contribution in [2.24, 2.45) is 0 Å². The summed E-state index contributed by atoms with van der Waals surface area (Å²) in [6, 6.07) is 14.7. The maximum absolute atomic E-state index is 12.4. The van der Waals surface area contributed by atoms with Gasteiger partial charge in [-0.15, -0.1) is 0 Å². The summed E-state index contributed by atoms with van der Waals surface area (Å²) in [6.45, 7) is 1.99. The van der Waals surface area contributed by atoms with Gasteiger partial charge < -0.3 is 16.0 Å². The standard InChI is InChI=1S/C17H15Cl3IN3OS/c1-10-5-7-13(8-6-10)22-16(26)24-15(17(18,19)20)23-14(25)11-3-2-4-12(21)9-11/h2-9,15H,1H3,(H,23,25)(H2,22,24,26)/t15-/m1/s1. The second kappa shape index (κ2) is 9.41. The largest absolute Gasteiger partial charge is 0.339 e. The molecule has 2 rings (SSSR count). The molecule has 1 amide bonds. The highest BCUT2D eigenvalue weighted by Crippen LogP contribution is 2.29. The van der Waals surface area contributed by atoms with Gasteiger partial charge in [-0.3, -0.25) is 4.79 Å². The summed E-state index contributed by atoms with van der Waals surface area (Å²) < 4.78 is -0.887. The van der Waals surface area contributed by atoms with E-state index in [0.717, 1.165) is 14.8 Å². The highest BCUT2D eigenvalue weighted by molar-refractivity contribution is 14.1. The van der Waals surface area contributed by atoms with Gasteiger partial charge in [0.2, 0.25) is 3.79 Å². The summed E-state index contributed by atoms with van der Waals surface area (Å²) in [5, 5.41) is 8.68. The van der Waals surface area contributed by atoms with E-state index in [-0.39, 0.29) is 11.0 Å². The van der Waals surface area contributed by atoms with Crippen LogP contribution in [0.3, 0.4) is 0 Å². The van der Waals surface area contributed by atoms with Crippen LogP contribution in [0.5, 0.6) is 0 Å². The maximum atomic E-state index is 12.4. The number of thiocarbonyl (C=S) groups is 1. The fourth-order valence-electron chi connectivity index (χ4n) is 1.98. The van der Waals surface area contributed by atoms with Crippen LogP contribution in [-0.4, -0.2) is 21.0 Å². The predicted molar refractivity (Wildman–Crippen MR) is 121 cm³/mol. The lowest BCUT2D eigenvalue weighted by Crippen LogP contribution is -2.56. The molecule has 0 saturated heterocycles. The molecule has 3 N–H and O–H groups in total. The molecule has 1 atom stereocenters. The topological polar surface area (TPSA) is 53.2 Å². The molecule has 0 spiro atoms. The third-order valence-corrected chi connectivity index (χ3v) is 4.82. The molecule has 0 aliphatic carbocycles. The van der Waals surface area contributed by atoms with Crippen molar-refractivity contribution in [1.29, 1.82) is 0 Å². The van der Waals surface area contributed by atoms with Crippen LogP contribution in [0.15, 0.2) is 48.5 Å². The monoisotopic (exact) mass is 541 g/mol. The van der Waals surface area contributed by atoms with Crippen LogP contribution in [0.25, 0.3) is 0 Å². The smallest absolute Gasteiger partial charge is 0.253 e. The molecule has 0 aliphatic heterocycles. The van der Waals surface area contributed by atoms with Crippen molar-refractivity contribution >= 4 is 86.3 Å². The Labute approximate surface area is 186 Å². The van der Waals surface area contributed by atoms with Crippen LogP contribution in [0.1, 0.15) is 15.9 Å². The number of aryl methyl sites for hydroxylation is 1. The molecular weight excluding hydrogens is 528 g/mol. The van der Waals surface area contributed by atoms with E-state index in [9.17, 15) is 4.79 Å². The molecule has 0 aliphatic rings. The van der Waals surface area contributed by atoms with E-state index in [4.69, 9.17) is 47.0 Å². The van der Waals surface area contributed by atoms with Crippen LogP contribution in [0, 0.1) is 10.5 Å². The summed E-state index contributed by atoms with van der Waals surface area (Å²) in [5.74, 6) is -0.384. The first-order valence-corrected chi connectivity index (χ1v) is 10.0. The molecule has 2 aromatic carbocycles. The number of hydrogen-bond acceptors (Lipinski definition) is 2. The molecule has 0 radical (unpaired) electrons. The van der Waals surface area contributed by atoms with Gasteiger partial charge in [0.1, 0.15) is 6.17 Å². The molecule has 0 unspecified atom stereocenters. The molecular formula is C17H15Cl3IN3OS. The second-order valence-electron chi connectivity index (χ2n) is 5.42. The van der Waals surface area contributed by atoms with Crippen molar-refractivity contribution in [3.05, 3.63) is 63.2 Å². The van der Waals surface area contributed by atoms with Gasteiger partial charge in [-0.1, -0.05) is 58.6 Å². The molecule has 0 aromatic heterocycles. The molecule has 0 fully saturated rings. The van der Waals surface area contributed by atoms with Crippen LogP contribution in [-0.2, 0) is 0 Å². The van der Waals surface area contributed by atoms with Gasteiger partial charge in [-0.05, 0) is 72.1 Å². The molecule has 138 valence electrons. The summed E-state index contributed by atoms with van der Waals surface area (Å²) in [6.07, 6.45) is -1.02. The third-order valence-electron chi connectivity index (χ3n) is 3.27. The Hall–Kier alpha value is -0.800. The van der Waals surface area contributed by atoms with Gasteiger partial charge >= 0.3 is 0 Å².